The Bertz CT molecular complexity index is 927. The number of nitro benzene ring substituents is 1. The Morgan fingerprint density at radius 3 is 2.40 bits per heavy atom. The van der Waals surface area contributed by atoms with Crippen LogP contribution in [0.3, 0.4) is 0 Å². The van der Waals surface area contributed by atoms with Crippen LogP contribution in [0.2, 0.25) is 0 Å². The SMILES string of the molecule is CC(=O)c1ccc(NC(=O)[C@H](C)OC(=O)CCCNc2ccccc2[N+](=O)[O-])cc1. The van der Waals surface area contributed by atoms with Crippen LogP contribution < -0.4 is 10.6 Å². The van der Waals surface area contributed by atoms with Crippen molar-refractivity contribution in [1.82, 2.24) is 0 Å². The molecule has 9 heteroatoms. The molecule has 1 atom stereocenters. The number of para-hydroxylation sites is 2. The first-order valence-corrected chi connectivity index (χ1v) is 9.36. The zero-order valence-corrected chi connectivity index (χ0v) is 16.7. The van der Waals surface area contributed by atoms with Gasteiger partial charge < -0.3 is 15.4 Å². The molecule has 0 bridgehead atoms. The number of nitrogens with zero attached hydrogens (tertiary/aromatic N) is 1. The maximum Gasteiger partial charge on any atom is 0.306 e. The predicted octanol–water partition coefficient (Wildman–Crippen LogP) is 3.56. The minimum Gasteiger partial charge on any atom is -0.453 e. The van der Waals surface area contributed by atoms with Crippen molar-refractivity contribution in [2.45, 2.75) is 32.8 Å². The number of hydrogen-bond acceptors (Lipinski definition) is 7. The number of esters is 1. The summed E-state index contributed by atoms with van der Waals surface area (Å²) in [6.45, 7) is 3.25. The number of amides is 1. The van der Waals surface area contributed by atoms with Crippen molar-refractivity contribution in [3.63, 3.8) is 0 Å². The number of ketones is 1. The number of ether oxygens (including phenoxy) is 1. The van der Waals surface area contributed by atoms with Gasteiger partial charge in [0.15, 0.2) is 11.9 Å². The van der Waals surface area contributed by atoms with E-state index >= 15 is 0 Å². The Morgan fingerprint density at radius 2 is 1.77 bits per heavy atom. The third kappa shape index (κ3) is 6.69. The maximum atomic E-state index is 12.2. The van der Waals surface area contributed by atoms with Crippen LogP contribution in [-0.4, -0.2) is 35.2 Å². The fourth-order valence-corrected chi connectivity index (χ4v) is 2.58. The summed E-state index contributed by atoms with van der Waals surface area (Å²) in [4.78, 5) is 45.8. The van der Waals surface area contributed by atoms with Crippen LogP contribution >= 0.6 is 0 Å². The van der Waals surface area contributed by atoms with E-state index in [-0.39, 0.29) is 17.9 Å². The first kappa shape index (κ1) is 22.5. The Hall–Kier alpha value is -3.75. The summed E-state index contributed by atoms with van der Waals surface area (Å²) in [6.07, 6.45) is -0.558. The second kappa shape index (κ2) is 10.7. The molecule has 2 rings (SSSR count). The molecule has 0 fully saturated rings. The summed E-state index contributed by atoms with van der Waals surface area (Å²) in [5, 5.41) is 16.5. The smallest absolute Gasteiger partial charge is 0.306 e. The molecule has 0 saturated carbocycles. The van der Waals surface area contributed by atoms with Crippen molar-refractivity contribution in [1.29, 1.82) is 0 Å². The van der Waals surface area contributed by atoms with Gasteiger partial charge in [0.1, 0.15) is 5.69 Å². The molecule has 0 aliphatic rings. The lowest BCUT2D eigenvalue weighted by Crippen LogP contribution is -2.30. The van der Waals surface area contributed by atoms with Gasteiger partial charge in [-0.05, 0) is 50.6 Å². The average molecular weight is 413 g/mol. The van der Waals surface area contributed by atoms with Crippen LogP contribution in [0.5, 0.6) is 0 Å². The van der Waals surface area contributed by atoms with Crippen LogP contribution in [-0.2, 0) is 14.3 Å². The van der Waals surface area contributed by atoms with Gasteiger partial charge in [0.2, 0.25) is 0 Å². The molecule has 0 radical (unpaired) electrons. The molecule has 2 aromatic carbocycles. The second-order valence-corrected chi connectivity index (χ2v) is 6.56. The second-order valence-electron chi connectivity index (χ2n) is 6.56. The molecule has 1 amide bonds. The summed E-state index contributed by atoms with van der Waals surface area (Å²) in [6, 6.07) is 12.6. The molecule has 158 valence electrons. The molecule has 2 aromatic rings. The molecule has 0 aliphatic heterocycles. The summed E-state index contributed by atoms with van der Waals surface area (Å²) in [7, 11) is 0. The van der Waals surface area contributed by atoms with E-state index in [2.05, 4.69) is 10.6 Å². The largest absolute Gasteiger partial charge is 0.453 e. The number of nitrogens with one attached hydrogen (secondary N) is 2. The molecule has 0 heterocycles. The van der Waals surface area contributed by atoms with Crippen LogP contribution in [0.15, 0.2) is 48.5 Å². The van der Waals surface area contributed by atoms with Crippen molar-refractivity contribution >= 4 is 34.7 Å². The summed E-state index contributed by atoms with van der Waals surface area (Å²) >= 11 is 0. The first-order chi connectivity index (χ1) is 14.3. The standard InChI is InChI=1S/C21H23N3O6/c1-14(25)16-9-11-17(12-10-16)23-21(27)15(2)30-20(26)8-5-13-22-18-6-3-4-7-19(18)24(28)29/h3-4,6-7,9-12,15,22H,5,8,13H2,1-2H3,(H,23,27)/t15-/m0/s1. The van der Waals surface area contributed by atoms with Crippen LogP contribution in [0.1, 0.15) is 37.0 Å². The van der Waals surface area contributed by atoms with Gasteiger partial charge in [-0.3, -0.25) is 24.5 Å². The lowest BCUT2D eigenvalue weighted by Gasteiger charge is -2.14. The molecule has 0 unspecified atom stereocenters. The van der Waals surface area contributed by atoms with Gasteiger partial charge in [-0.1, -0.05) is 12.1 Å². The number of nitro groups is 1. The summed E-state index contributed by atoms with van der Waals surface area (Å²) in [5.74, 6) is -1.11. The molecule has 0 aromatic heterocycles. The lowest BCUT2D eigenvalue weighted by molar-refractivity contribution is -0.384. The summed E-state index contributed by atoms with van der Waals surface area (Å²) in [5.41, 5.74) is 1.35. The van der Waals surface area contributed by atoms with E-state index in [9.17, 15) is 24.5 Å². The molecule has 30 heavy (non-hydrogen) atoms. The number of rotatable bonds is 10. The van der Waals surface area contributed by atoms with Gasteiger partial charge in [0.05, 0.1) is 4.92 Å². The topological polar surface area (TPSA) is 128 Å². The quantitative estimate of drug-likeness (QED) is 0.200. The molecule has 0 saturated heterocycles. The minimum absolute atomic E-state index is 0.0401. The Kier molecular flexibility index (Phi) is 8.04. The van der Waals surface area contributed by atoms with Gasteiger partial charge in [-0.15, -0.1) is 0 Å². The molecule has 0 aliphatic carbocycles. The molecule has 0 spiro atoms. The van der Waals surface area contributed by atoms with E-state index in [1.54, 1.807) is 42.5 Å². The van der Waals surface area contributed by atoms with E-state index in [0.29, 0.717) is 29.9 Å². The summed E-state index contributed by atoms with van der Waals surface area (Å²) < 4.78 is 5.12. The Morgan fingerprint density at radius 1 is 1.10 bits per heavy atom. The maximum absolute atomic E-state index is 12.2. The van der Waals surface area contributed by atoms with Gasteiger partial charge in [0.25, 0.3) is 11.6 Å². The van der Waals surface area contributed by atoms with Crippen molar-refractivity contribution in [3.8, 4) is 0 Å². The van der Waals surface area contributed by atoms with E-state index in [0.717, 1.165) is 0 Å². The zero-order chi connectivity index (χ0) is 22.1. The van der Waals surface area contributed by atoms with Gasteiger partial charge in [0, 0.05) is 30.3 Å². The highest BCUT2D eigenvalue weighted by atomic mass is 16.6. The minimum atomic E-state index is -0.992. The van der Waals surface area contributed by atoms with Crippen molar-refractivity contribution in [3.05, 3.63) is 64.2 Å². The highest BCUT2D eigenvalue weighted by Crippen LogP contribution is 2.23. The number of Topliss-reactive ketones (excluding diaryl/α,β-unsaturated/α-hetero) is 1. The Labute approximate surface area is 173 Å². The van der Waals surface area contributed by atoms with Gasteiger partial charge >= 0.3 is 5.97 Å². The highest BCUT2D eigenvalue weighted by molar-refractivity contribution is 5.97. The zero-order valence-electron chi connectivity index (χ0n) is 16.7. The van der Waals surface area contributed by atoms with E-state index in [1.807, 2.05) is 0 Å². The Balaban J connectivity index is 1.74. The first-order valence-electron chi connectivity index (χ1n) is 9.36. The van der Waals surface area contributed by atoms with Gasteiger partial charge in [-0.25, -0.2) is 0 Å². The van der Waals surface area contributed by atoms with Crippen LogP contribution in [0.25, 0.3) is 0 Å². The van der Waals surface area contributed by atoms with E-state index < -0.39 is 22.9 Å². The number of benzene rings is 2. The van der Waals surface area contributed by atoms with Gasteiger partial charge in [-0.2, -0.15) is 0 Å². The number of carbonyl (C=O) groups is 3. The van der Waals surface area contributed by atoms with Crippen LogP contribution in [0.4, 0.5) is 17.1 Å². The van der Waals surface area contributed by atoms with Crippen molar-refractivity contribution in [2.75, 3.05) is 17.2 Å². The third-order valence-electron chi connectivity index (χ3n) is 4.21. The highest BCUT2D eigenvalue weighted by Gasteiger charge is 2.18. The molecular weight excluding hydrogens is 390 g/mol. The van der Waals surface area contributed by atoms with E-state index in [1.165, 1.54) is 19.9 Å². The van der Waals surface area contributed by atoms with E-state index in [4.69, 9.17) is 4.74 Å². The molecule has 2 N–H and O–H groups in total. The van der Waals surface area contributed by atoms with Crippen molar-refractivity contribution < 1.29 is 24.0 Å². The fraction of sp³-hybridized carbons (Fsp3) is 0.286. The number of hydrogen-bond donors (Lipinski definition) is 2. The normalized spacial score (nSPS) is 11.3. The predicted molar refractivity (Wildman–Crippen MR) is 111 cm³/mol. The molecular formula is C21H23N3O6. The molecule has 9 nitrogen and oxygen atoms in total. The third-order valence-corrected chi connectivity index (χ3v) is 4.21. The lowest BCUT2D eigenvalue weighted by atomic mass is 10.1. The number of carbonyl (C=O) groups excluding carboxylic acids is 3. The average Bonchev–Trinajstić information content (AvgIpc) is 2.71. The fourth-order valence-electron chi connectivity index (χ4n) is 2.58. The van der Waals surface area contributed by atoms with Crippen LogP contribution in [0, 0.1) is 10.1 Å². The number of anilines is 2. The van der Waals surface area contributed by atoms with Crippen molar-refractivity contribution in [2.24, 2.45) is 0 Å². The monoisotopic (exact) mass is 413 g/mol.